The van der Waals surface area contributed by atoms with Crippen LogP contribution in [0.15, 0.2) is 36.8 Å². The lowest BCUT2D eigenvalue weighted by atomic mass is 9.81. The zero-order valence-electron chi connectivity index (χ0n) is 70.0. The Bertz CT molecular complexity index is 3430. The molecule has 7 amide bonds. The van der Waals surface area contributed by atoms with Gasteiger partial charge in [-0.1, -0.05) is 13.8 Å². The largest absolute Gasteiger partial charge is 0.453 e. The molecule has 2 aliphatic heterocycles. The van der Waals surface area contributed by atoms with Gasteiger partial charge in [0.15, 0.2) is 5.69 Å². The number of imidazole rings is 1. The Morgan fingerprint density at radius 2 is 1.13 bits per heavy atom. The second-order valence-electron chi connectivity index (χ2n) is 29.1. The molecule has 4 heterocycles. The average Bonchev–Trinajstić information content (AvgIpc) is 1.51. The number of anilines is 3. The molecule has 43 heteroatoms. The number of H-pyrrole nitrogens is 1. The number of aromatic amines is 1. The SMILES string of the molecule is CC[C@H](NC(=O)C1CCC(CN)CC1)c1ncc(-c2ccc(NC(=O)OC)cc2NC(=O)CCC(C)CCNC(=O)COCCOCCOCC(=O)NC(COCCC(=O)NCCOCCOCCOCCOC[C@H]2OC[C@H](Nc3cncc(C(F)(F)F)n3)[C@@H](O)[C@H]2O)COCCC(=O)NCCOCCOCCOCCOC[C@H]2OCC[C@@H](O)[C@H]2O)[nH]1. The number of nitrogens with zero attached hydrogens (tertiary/aromatic N) is 3. The molecule has 3 aliphatic rings. The van der Waals surface area contributed by atoms with E-state index in [1.807, 2.05) is 13.8 Å². The molecular weight excluding hydrogens is 1620 g/mol. The van der Waals surface area contributed by atoms with Crippen molar-refractivity contribution in [2.75, 3.05) is 234 Å². The van der Waals surface area contributed by atoms with Gasteiger partial charge in [-0.05, 0) is 87.9 Å². The van der Waals surface area contributed by atoms with Gasteiger partial charge in [-0.25, -0.2) is 14.8 Å². The van der Waals surface area contributed by atoms with Crippen molar-refractivity contribution < 1.29 is 143 Å². The van der Waals surface area contributed by atoms with Crippen molar-refractivity contribution in [1.29, 1.82) is 0 Å². The Morgan fingerprint density at radius 1 is 0.582 bits per heavy atom. The first-order chi connectivity index (χ1) is 59.0. The van der Waals surface area contributed by atoms with E-state index in [1.165, 1.54) is 7.11 Å². The van der Waals surface area contributed by atoms with Gasteiger partial charge in [0.2, 0.25) is 35.4 Å². The predicted molar refractivity (Wildman–Crippen MR) is 431 cm³/mol. The van der Waals surface area contributed by atoms with Crippen molar-refractivity contribution in [3.05, 3.63) is 48.3 Å². The van der Waals surface area contributed by atoms with Gasteiger partial charge < -0.3 is 144 Å². The molecular formula is C79H128F3N13O27. The number of amides is 7. The van der Waals surface area contributed by atoms with Crippen LogP contribution in [0.1, 0.15) is 102 Å². The summed E-state index contributed by atoms with van der Waals surface area (Å²) in [7, 11) is 1.25. The molecule has 10 atom stereocenters. The molecule has 6 rings (SSSR count). The molecule has 0 bridgehead atoms. The van der Waals surface area contributed by atoms with Crippen LogP contribution in [0.5, 0.6) is 0 Å². The van der Waals surface area contributed by atoms with Gasteiger partial charge in [0.1, 0.15) is 55.4 Å². The number of ether oxygens (including phenoxy) is 16. The number of methoxy groups -OCH3 is 1. The Kier molecular flexibility index (Phi) is 51.5. The van der Waals surface area contributed by atoms with Crippen LogP contribution in [-0.2, 0) is 111 Å². The molecule has 2 saturated heterocycles. The quantitative estimate of drug-likeness (QED) is 0.0352. The number of aromatic nitrogens is 4. The molecule has 2 unspecified atom stereocenters. The second-order valence-corrected chi connectivity index (χ2v) is 29.1. The summed E-state index contributed by atoms with van der Waals surface area (Å²) in [6.45, 7) is 9.03. The Hall–Kier alpha value is -7.61. The van der Waals surface area contributed by atoms with Crippen molar-refractivity contribution in [1.82, 2.24) is 46.5 Å². The third-order valence-corrected chi connectivity index (χ3v) is 19.5. The fourth-order valence-electron chi connectivity index (χ4n) is 12.5. The van der Waals surface area contributed by atoms with Crippen molar-refractivity contribution in [2.45, 2.75) is 145 Å². The van der Waals surface area contributed by atoms with Gasteiger partial charge in [0.25, 0.3) is 0 Å². The maximum atomic E-state index is 13.5. The summed E-state index contributed by atoms with van der Waals surface area (Å²) in [6, 6.07) is 3.02. The summed E-state index contributed by atoms with van der Waals surface area (Å²) in [5.41, 5.74) is 6.66. The highest BCUT2D eigenvalue weighted by molar-refractivity contribution is 5.97. The van der Waals surface area contributed by atoms with E-state index in [4.69, 9.17) is 81.5 Å². The lowest BCUT2D eigenvalue weighted by Gasteiger charge is -2.38. The summed E-state index contributed by atoms with van der Waals surface area (Å²) < 4.78 is 127. The normalized spacial score (nSPS) is 20.0. The first-order valence-corrected chi connectivity index (χ1v) is 41.6. The molecule has 3 fully saturated rings. The minimum absolute atomic E-state index is 0.00158. The highest BCUT2D eigenvalue weighted by Gasteiger charge is 2.40. The minimum Gasteiger partial charge on any atom is -0.453 e. The molecule has 1 aromatic carbocycles. The van der Waals surface area contributed by atoms with Crippen LogP contribution in [0.4, 0.5) is 35.2 Å². The summed E-state index contributed by atoms with van der Waals surface area (Å²) in [5, 5.41) is 63.4. The van der Waals surface area contributed by atoms with E-state index in [1.54, 1.807) is 24.4 Å². The minimum atomic E-state index is -4.71. The third kappa shape index (κ3) is 42.9. The molecule has 40 nitrogen and oxygen atoms in total. The number of hydrogen-bond acceptors (Lipinski definition) is 32. The summed E-state index contributed by atoms with van der Waals surface area (Å²) in [6.07, 6.45) is -2.56. The number of hydrogen-bond donors (Lipinski definition) is 14. The van der Waals surface area contributed by atoms with E-state index in [0.717, 1.165) is 31.9 Å². The van der Waals surface area contributed by atoms with E-state index in [-0.39, 0.29) is 231 Å². The second kappa shape index (κ2) is 60.9. The van der Waals surface area contributed by atoms with Gasteiger partial charge in [0, 0.05) is 62.7 Å². The number of nitrogens with two attached hydrogens (primary N) is 1. The maximum Gasteiger partial charge on any atom is 0.434 e. The summed E-state index contributed by atoms with van der Waals surface area (Å²) in [4.78, 5) is 105. The molecule has 2 aromatic heterocycles. The molecule has 122 heavy (non-hydrogen) atoms. The van der Waals surface area contributed by atoms with Crippen molar-refractivity contribution in [2.24, 2.45) is 23.5 Å². The van der Waals surface area contributed by atoms with E-state index in [2.05, 4.69) is 62.5 Å². The Morgan fingerprint density at radius 3 is 1.70 bits per heavy atom. The average molecular weight is 1750 g/mol. The lowest BCUT2D eigenvalue weighted by Crippen LogP contribution is -2.57. The first kappa shape index (κ1) is 103. The standard InChI is InChI=1S/C79H128F3N13O27/c1-4-59(94-77(105)55-8-6-54(42-83)7-9-55)76-88-43-61(93-76)58-11-10-56(90-78(106)107-3)41-60(58)92-70(99)12-5-53(2)13-17-85-71(100)51-119-39-35-114-36-40-120-52-72(101)89-57(46-115-20-15-68(97)86-18-23-108-25-27-110-29-31-112-33-37-117-49-64-74(103)63(96)14-22-121-64)47-116-21-16-69(98)87-19-24-109-26-28-111-30-32-113-34-38-118-50-65-75(104)73(102)62(48-122-65)91-67-45-84-44-66(95-67)79(80,81)82/h10-11,41,43-45,53-55,57,59,62-65,73-75,96,102-104H,4-9,12-40,42,46-52,83H2,1-3H3,(H,85,100)(H,86,97)(H,87,98)(H,88,93)(H,89,101)(H,90,106)(H,91,95)(H,92,99)(H,94,105)/t53?,54?,55?,57?,59-,62-,63+,64+,65+,73+,74+,75-/m0/s1. The monoisotopic (exact) mass is 1750 g/mol. The number of nitrogens with one attached hydrogen (secondary N) is 9. The number of halogens is 3. The van der Waals surface area contributed by atoms with Crippen LogP contribution >= 0.6 is 0 Å². The fourth-order valence-corrected chi connectivity index (χ4v) is 12.5. The highest BCUT2D eigenvalue weighted by atomic mass is 19.4. The lowest BCUT2D eigenvalue weighted by molar-refractivity contribution is -0.161. The Balaban J connectivity index is 0.788. The number of carbonyl (C=O) groups excluding carboxylic acids is 7. The van der Waals surface area contributed by atoms with Crippen LogP contribution in [-0.4, -0.2) is 349 Å². The summed E-state index contributed by atoms with van der Waals surface area (Å²) in [5.74, 6) is -0.959. The van der Waals surface area contributed by atoms with Crippen LogP contribution in [0.3, 0.4) is 0 Å². The van der Waals surface area contributed by atoms with Gasteiger partial charge in [0.05, 0.1) is 226 Å². The number of benzene rings is 1. The number of aliphatic hydroxyl groups excluding tert-OH is 4. The van der Waals surface area contributed by atoms with Crippen molar-refractivity contribution >= 4 is 58.7 Å². The molecule has 1 saturated carbocycles. The van der Waals surface area contributed by atoms with Gasteiger partial charge in [-0.3, -0.25) is 39.1 Å². The molecule has 692 valence electrons. The van der Waals surface area contributed by atoms with E-state index in [0.29, 0.717) is 119 Å². The maximum absolute atomic E-state index is 13.5. The van der Waals surface area contributed by atoms with E-state index < -0.39 is 72.6 Å². The first-order valence-electron chi connectivity index (χ1n) is 41.6. The molecule has 1 aliphatic carbocycles. The third-order valence-electron chi connectivity index (χ3n) is 19.5. The van der Waals surface area contributed by atoms with Crippen LogP contribution < -0.4 is 48.3 Å². The highest BCUT2D eigenvalue weighted by Crippen LogP contribution is 2.34. The van der Waals surface area contributed by atoms with Gasteiger partial charge >= 0.3 is 12.3 Å². The van der Waals surface area contributed by atoms with Crippen molar-refractivity contribution in [3.63, 3.8) is 0 Å². The zero-order valence-corrected chi connectivity index (χ0v) is 70.0. The smallest absolute Gasteiger partial charge is 0.434 e. The molecule has 15 N–H and O–H groups in total. The Labute approximate surface area is 708 Å². The number of carbonyl (C=O) groups is 7. The van der Waals surface area contributed by atoms with Crippen LogP contribution in [0.25, 0.3) is 11.3 Å². The number of rotatable bonds is 65. The van der Waals surface area contributed by atoms with Gasteiger partial charge in [-0.2, -0.15) is 13.2 Å². The number of alkyl halides is 3. The molecule has 3 aromatic rings. The van der Waals surface area contributed by atoms with Crippen LogP contribution in [0.2, 0.25) is 0 Å². The molecule has 0 spiro atoms. The predicted octanol–water partition coefficient (Wildman–Crippen LogP) is 1.08. The summed E-state index contributed by atoms with van der Waals surface area (Å²) >= 11 is 0. The van der Waals surface area contributed by atoms with Crippen molar-refractivity contribution in [3.8, 4) is 11.3 Å². The zero-order chi connectivity index (χ0) is 88.0. The van der Waals surface area contributed by atoms with E-state index >= 15 is 0 Å². The number of aliphatic hydroxyl groups is 4. The topological polar surface area (TPSA) is 525 Å². The fraction of sp³-hybridized carbons (Fsp3) is 0.747. The van der Waals surface area contributed by atoms with Crippen LogP contribution in [0, 0.1) is 17.8 Å². The molecule has 0 radical (unpaired) electrons. The van der Waals surface area contributed by atoms with Gasteiger partial charge in [-0.15, -0.1) is 0 Å². The van der Waals surface area contributed by atoms with E-state index in [9.17, 15) is 67.2 Å².